The van der Waals surface area contributed by atoms with Gasteiger partial charge in [-0.2, -0.15) is 0 Å². The molecule has 25 heavy (non-hydrogen) atoms. The van der Waals surface area contributed by atoms with Gasteiger partial charge in [0.25, 0.3) is 0 Å². The molecule has 0 bridgehead atoms. The van der Waals surface area contributed by atoms with E-state index in [1.807, 2.05) is 31.2 Å². The third-order valence-corrected chi connectivity index (χ3v) is 4.28. The third kappa shape index (κ3) is 7.68. The van der Waals surface area contributed by atoms with Crippen LogP contribution in [0.1, 0.15) is 43.9 Å². The van der Waals surface area contributed by atoms with E-state index in [1.165, 1.54) is 5.56 Å². The number of halogens is 1. The molecule has 0 aromatic heterocycles. The lowest BCUT2D eigenvalue weighted by molar-refractivity contribution is -0.118. The minimum absolute atomic E-state index is 0.0995. The van der Waals surface area contributed by atoms with Crippen molar-refractivity contribution in [2.45, 2.75) is 40.2 Å². The van der Waals surface area contributed by atoms with E-state index in [2.05, 4.69) is 37.8 Å². The summed E-state index contributed by atoms with van der Waals surface area (Å²) in [5.41, 5.74) is 4.53. The van der Waals surface area contributed by atoms with Crippen LogP contribution in [0.25, 0.3) is 5.57 Å². The van der Waals surface area contributed by atoms with Gasteiger partial charge in [-0.15, -0.1) is 0 Å². The number of Topliss-reactive ketones (excluding diaryl/α,β-unsaturated/α-hetero) is 1. The molecule has 0 amide bonds. The number of hydrogen-bond donors (Lipinski definition) is 1. The zero-order valence-corrected chi connectivity index (χ0v) is 16.2. The lowest BCUT2D eigenvalue weighted by Gasteiger charge is -2.11. The number of aliphatic hydroxyl groups is 1. The van der Waals surface area contributed by atoms with Gasteiger partial charge < -0.3 is 9.90 Å². The van der Waals surface area contributed by atoms with Crippen LogP contribution in [0.5, 0.6) is 0 Å². The quantitative estimate of drug-likeness (QED) is 0.745. The fourth-order valence-electron chi connectivity index (χ4n) is 2.20. The molecule has 1 N–H and O–H groups in total. The average molecular weight is 359 g/mol. The molecule has 0 aliphatic carbocycles. The number of carbonyl (C=O) groups excluding carboxylic acids is 1. The van der Waals surface area contributed by atoms with Crippen molar-refractivity contribution in [1.82, 2.24) is 0 Å². The molecule has 134 valence electrons. The lowest BCUT2D eigenvalue weighted by atomic mass is 9.99. The summed E-state index contributed by atoms with van der Waals surface area (Å²) in [6.07, 6.45) is 0.117. The maximum absolute atomic E-state index is 10.4. The molecule has 0 spiro atoms. The van der Waals surface area contributed by atoms with Gasteiger partial charge >= 0.3 is 0 Å². The molecule has 3 heteroatoms. The fraction of sp³-hybridized carbons (Fsp3) is 0.318. The molecular weight excluding hydrogens is 332 g/mol. The molecule has 2 atom stereocenters. The predicted molar refractivity (Wildman–Crippen MR) is 107 cm³/mol. The van der Waals surface area contributed by atoms with Gasteiger partial charge in [0.1, 0.15) is 5.78 Å². The summed E-state index contributed by atoms with van der Waals surface area (Å²) in [7, 11) is 0. The van der Waals surface area contributed by atoms with Gasteiger partial charge in [-0.25, -0.2) is 0 Å². The number of rotatable bonds is 5. The first-order valence-electron chi connectivity index (χ1n) is 8.40. The van der Waals surface area contributed by atoms with E-state index in [1.54, 1.807) is 13.8 Å². The number of hydrogen-bond acceptors (Lipinski definition) is 2. The Labute approximate surface area is 156 Å². The van der Waals surface area contributed by atoms with E-state index in [0.29, 0.717) is 6.42 Å². The van der Waals surface area contributed by atoms with Crippen LogP contribution < -0.4 is 0 Å². The Bertz CT molecular complexity index is 637. The molecule has 2 aromatic carbocycles. The normalized spacial score (nSPS) is 12.6. The first-order valence-corrected chi connectivity index (χ1v) is 8.78. The number of benzene rings is 2. The zero-order chi connectivity index (χ0) is 19.0. The number of ketones is 1. The van der Waals surface area contributed by atoms with E-state index in [9.17, 15) is 4.79 Å². The molecular formula is C22H27ClO2. The summed E-state index contributed by atoms with van der Waals surface area (Å²) in [5, 5.41) is 9.67. The molecule has 0 saturated heterocycles. The Morgan fingerprint density at radius 1 is 1.04 bits per heavy atom. The van der Waals surface area contributed by atoms with E-state index in [4.69, 9.17) is 16.7 Å². The minimum Gasteiger partial charge on any atom is -0.393 e. The molecule has 0 fully saturated rings. The molecule has 2 rings (SSSR count). The van der Waals surface area contributed by atoms with Crippen LogP contribution >= 0.6 is 11.6 Å². The number of aliphatic hydroxyl groups excluding tert-OH is 1. The van der Waals surface area contributed by atoms with Gasteiger partial charge in [-0.05, 0) is 55.5 Å². The van der Waals surface area contributed by atoms with Gasteiger partial charge in [-0.1, -0.05) is 67.1 Å². The first kappa shape index (κ1) is 21.1. The van der Waals surface area contributed by atoms with Gasteiger partial charge in [-0.3, -0.25) is 0 Å². The zero-order valence-electron chi connectivity index (χ0n) is 15.4. The monoisotopic (exact) mass is 358 g/mol. The Balaban J connectivity index is 0.000000299. The largest absolute Gasteiger partial charge is 0.393 e. The van der Waals surface area contributed by atoms with Crippen LogP contribution in [-0.4, -0.2) is 17.0 Å². The summed E-state index contributed by atoms with van der Waals surface area (Å²) in [6, 6.07) is 16.1. The van der Waals surface area contributed by atoms with Crippen molar-refractivity contribution in [2.75, 3.05) is 0 Å². The van der Waals surface area contributed by atoms with E-state index >= 15 is 0 Å². The van der Waals surface area contributed by atoms with Crippen LogP contribution in [-0.2, 0) is 4.79 Å². The summed E-state index contributed by atoms with van der Waals surface area (Å²) >= 11 is 5.85. The molecule has 2 nitrogen and oxygen atoms in total. The molecule has 0 saturated carbocycles. The van der Waals surface area contributed by atoms with Crippen LogP contribution in [0.15, 0.2) is 55.1 Å². The highest BCUT2D eigenvalue weighted by Crippen LogP contribution is 2.23. The van der Waals surface area contributed by atoms with Gasteiger partial charge in [0, 0.05) is 11.4 Å². The average Bonchev–Trinajstić information content (AvgIpc) is 2.55. The smallest absolute Gasteiger partial charge is 0.130 e. The predicted octanol–water partition coefficient (Wildman–Crippen LogP) is 5.69. The Morgan fingerprint density at radius 2 is 1.48 bits per heavy atom. The van der Waals surface area contributed by atoms with E-state index < -0.39 is 0 Å². The standard InChI is InChI=1S/C15H13Cl.C7H14O2/c1-11-3-5-13(6-4-11)12(2)14-7-9-15(16)10-8-14;1-5(7(3)9)4-6(2)8/h3-10H,2H2,1H3;5,7,9H,4H2,1-3H3. The Morgan fingerprint density at radius 3 is 1.84 bits per heavy atom. The topological polar surface area (TPSA) is 37.3 Å². The minimum atomic E-state index is -0.367. The van der Waals surface area contributed by atoms with Crippen molar-refractivity contribution in [3.8, 4) is 0 Å². The maximum atomic E-state index is 10.4. The molecule has 2 aromatic rings. The van der Waals surface area contributed by atoms with E-state index in [-0.39, 0.29) is 17.8 Å². The summed E-state index contributed by atoms with van der Waals surface area (Å²) in [6.45, 7) is 11.3. The van der Waals surface area contributed by atoms with Crippen molar-refractivity contribution < 1.29 is 9.90 Å². The van der Waals surface area contributed by atoms with Crippen LogP contribution in [0.2, 0.25) is 5.02 Å². The van der Waals surface area contributed by atoms with E-state index in [0.717, 1.165) is 21.7 Å². The fourth-order valence-corrected chi connectivity index (χ4v) is 2.32. The van der Waals surface area contributed by atoms with Crippen LogP contribution in [0.4, 0.5) is 0 Å². The Kier molecular flexibility index (Phi) is 8.60. The maximum Gasteiger partial charge on any atom is 0.130 e. The summed E-state index contributed by atoms with van der Waals surface area (Å²) in [5.74, 6) is 0.242. The van der Waals surface area contributed by atoms with Crippen LogP contribution in [0.3, 0.4) is 0 Å². The highest BCUT2D eigenvalue weighted by Gasteiger charge is 2.09. The second kappa shape index (κ2) is 10.2. The Hall–Kier alpha value is -1.90. The summed E-state index contributed by atoms with van der Waals surface area (Å²) in [4.78, 5) is 10.4. The highest BCUT2D eigenvalue weighted by atomic mass is 35.5. The number of aryl methyl sites for hydroxylation is 1. The molecule has 0 radical (unpaired) electrons. The second-order valence-corrected chi connectivity index (χ2v) is 6.91. The van der Waals surface area contributed by atoms with Crippen LogP contribution in [0, 0.1) is 12.8 Å². The highest BCUT2D eigenvalue weighted by molar-refractivity contribution is 6.30. The van der Waals surface area contributed by atoms with Crippen molar-refractivity contribution in [2.24, 2.45) is 5.92 Å². The second-order valence-electron chi connectivity index (χ2n) is 6.48. The lowest BCUT2D eigenvalue weighted by Crippen LogP contribution is -2.15. The van der Waals surface area contributed by atoms with Gasteiger partial charge in [0.15, 0.2) is 0 Å². The molecule has 0 heterocycles. The van der Waals surface area contributed by atoms with Gasteiger partial charge in [0.2, 0.25) is 0 Å². The molecule has 2 unspecified atom stereocenters. The van der Waals surface area contributed by atoms with Crippen molar-refractivity contribution in [3.63, 3.8) is 0 Å². The first-order chi connectivity index (χ1) is 11.7. The van der Waals surface area contributed by atoms with Crippen molar-refractivity contribution in [3.05, 3.63) is 76.8 Å². The van der Waals surface area contributed by atoms with Crippen molar-refractivity contribution >= 4 is 23.0 Å². The third-order valence-electron chi connectivity index (χ3n) is 4.03. The van der Waals surface area contributed by atoms with Crippen molar-refractivity contribution in [1.29, 1.82) is 0 Å². The summed E-state index contributed by atoms with van der Waals surface area (Å²) < 4.78 is 0. The molecule has 0 aliphatic rings. The SMILES string of the molecule is C=C(c1ccc(C)cc1)c1ccc(Cl)cc1.CC(=O)CC(C)C(C)O. The molecule has 0 aliphatic heterocycles. The number of carbonyl (C=O) groups is 1. The van der Waals surface area contributed by atoms with Gasteiger partial charge in [0.05, 0.1) is 6.10 Å².